The van der Waals surface area contributed by atoms with Crippen molar-refractivity contribution in [2.24, 2.45) is 11.8 Å². The zero-order valence-corrected chi connectivity index (χ0v) is 17.3. The molecule has 2 atom stereocenters. The third-order valence-corrected chi connectivity index (χ3v) is 4.64. The Morgan fingerprint density at radius 1 is 0.769 bits per heavy atom. The Bertz CT molecular complexity index is 454. The Balaban J connectivity index is 4.61. The van der Waals surface area contributed by atoms with E-state index in [1.54, 1.807) is 0 Å². The van der Waals surface area contributed by atoms with Crippen molar-refractivity contribution in [3.8, 4) is 0 Å². The van der Waals surface area contributed by atoms with E-state index in [1.807, 2.05) is 13.8 Å². The van der Waals surface area contributed by atoms with Gasteiger partial charge in [-0.05, 0) is 37.4 Å². The van der Waals surface area contributed by atoms with Crippen LogP contribution in [0.4, 0.5) is 0 Å². The fraction of sp³-hybridized carbons (Fsp3) is 0.909. The standard InChI is InChI=1S/C22H42O4/c1-5-9-13-19(7-3)17-25-21(23)15-11-12-16-22(24)26-18-20(8-4)14-10-6-2/h19-20H,5-18H2,1-4H3/i11D2,12D2. The van der Waals surface area contributed by atoms with Crippen LogP contribution < -0.4 is 0 Å². The number of carbonyl (C=O) groups is 2. The lowest BCUT2D eigenvalue weighted by molar-refractivity contribution is -0.147. The van der Waals surface area contributed by atoms with E-state index in [1.165, 1.54) is 0 Å². The molecular formula is C22H42O4. The molecule has 0 aliphatic heterocycles. The van der Waals surface area contributed by atoms with Crippen molar-refractivity contribution in [1.82, 2.24) is 0 Å². The number of hydrogen-bond acceptors (Lipinski definition) is 4. The van der Waals surface area contributed by atoms with Gasteiger partial charge in [0.1, 0.15) is 0 Å². The molecule has 4 nitrogen and oxygen atoms in total. The van der Waals surface area contributed by atoms with Gasteiger partial charge in [0.2, 0.25) is 0 Å². The van der Waals surface area contributed by atoms with Gasteiger partial charge in [0, 0.05) is 18.3 Å². The minimum absolute atomic E-state index is 0.215. The Morgan fingerprint density at radius 3 is 1.46 bits per heavy atom. The molecule has 2 unspecified atom stereocenters. The predicted molar refractivity (Wildman–Crippen MR) is 107 cm³/mol. The summed E-state index contributed by atoms with van der Waals surface area (Å²) < 4.78 is 42.5. The summed E-state index contributed by atoms with van der Waals surface area (Å²) >= 11 is 0. The van der Waals surface area contributed by atoms with Crippen LogP contribution in [0, 0.1) is 11.8 Å². The summed E-state index contributed by atoms with van der Waals surface area (Å²) in [5.74, 6) is -1.10. The van der Waals surface area contributed by atoms with E-state index in [9.17, 15) is 9.59 Å². The van der Waals surface area contributed by atoms with E-state index in [0.717, 1.165) is 51.4 Å². The molecule has 0 N–H and O–H groups in total. The van der Waals surface area contributed by atoms with E-state index < -0.39 is 37.5 Å². The number of esters is 2. The number of unbranched alkanes of at least 4 members (excludes halogenated alkanes) is 2. The van der Waals surface area contributed by atoms with E-state index in [2.05, 4.69) is 13.8 Å². The second kappa shape index (κ2) is 17.4. The van der Waals surface area contributed by atoms with Crippen LogP contribution in [-0.4, -0.2) is 25.2 Å². The number of carbonyl (C=O) groups excluding carboxylic acids is 2. The van der Waals surface area contributed by atoms with E-state index in [0.29, 0.717) is 0 Å². The van der Waals surface area contributed by atoms with Gasteiger partial charge in [0.15, 0.2) is 0 Å². The quantitative estimate of drug-likeness (QED) is 0.290. The van der Waals surface area contributed by atoms with Gasteiger partial charge in [0.05, 0.1) is 13.2 Å². The second-order valence-electron chi connectivity index (χ2n) is 6.91. The van der Waals surface area contributed by atoms with Crippen molar-refractivity contribution in [3.63, 3.8) is 0 Å². The van der Waals surface area contributed by atoms with Crippen molar-refractivity contribution in [3.05, 3.63) is 0 Å². The van der Waals surface area contributed by atoms with Crippen LogP contribution >= 0.6 is 0 Å². The molecule has 0 spiro atoms. The molecule has 0 saturated heterocycles. The van der Waals surface area contributed by atoms with Gasteiger partial charge in [-0.25, -0.2) is 0 Å². The Kier molecular flexibility index (Phi) is 12.2. The molecule has 0 aromatic heterocycles. The Labute approximate surface area is 167 Å². The zero-order valence-electron chi connectivity index (χ0n) is 21.3. The van der Waals surface area contributed by atoms with Crippen LogP contribution in [0.1, 0.15) is 110 Å². The summed E-state index contributed by atoms with van der Waals surface area (Å²) in [6, 6.07) is 0. The molecule has 26 heavy (non-hydrogen) atoms. The van der Waals surface area contributed by atoms with Crippen LogP contribution in [0.2, 0.25) is 0 Å². The minimum atomic E-state index is -2.53. The van der Waals surface area contributed by atoms with Crippen molar-refractivity contribution in [2.75, 3.05) is 13.2 Å². The molecule has 0 bridgehead atoms. The average Bonchev–Trinajstić information content (AvgIpc) is 2.67. The molecule has 0 radical (unpaired) electrons. The average molecular weight is 375 g/mol. The molecular weight excluding hydrogens is 328 g/mol. The number of rotatable bonds is 17. The summed E-state index contributed by atoms with van der Waals surface area (Å²) in [6.45, 7) is 8.65. The summed E-state index contributed by atoms with van der Waals surface area (Å²) in [5.41, 5.74) is 0. The SMILES string of the molecule is [2H]C([2H])(CC(=O)OCC(CC)CCCC)C([2H])([2H])CC(=O)OCC(CC)CCCC. The highest BCUT2D eigenvalue weighted by Gasteiger charge is 2.12. The first-order valence-corrected chi connectivity index (χ1v) is 10.3. The van der Waals surface area contributed by atoms with Crippen molar-refractivity contribution < 1.29 is 24.5 Å². The molecule has 0 saturated carbocycles. The van der Waals surface area contributed by atoms with Gasteiger partial charge in [-0.2, -0.15) is 0 Å². The van der Waals surface area contributed by atoms with Crippen molar-refractivity contribution >= 4 is 11.9 Å². The maximum atomic E-state index is 12.1. The van der Waals surface area contributed by atoms with Gasteiger partial charge in [-0.3, -0.25) is 9.59 Å². The molecule has 4 heteroatoms. The third kappa shape index (κ3) is 14.1. The molecule has 0 aliphatic rings. The molecule has 0 aromatic rings. The van der Waals surface area contributed by atoms with Crippen molar-refractivity contribution in [1.29, 1.82) is 0 Å². The maximum Gasteiger partial charge on any atom is 0.305 e. The normalized spacial score (nSPS) is 16.6. The van der Waals surface area contributed by atoms with Crippen molar-refractivity contribution in [2.45, 2.75) is 105 Å². The fourth-order valence-corrected chi connectivity index (χ4v) is 2.59. The fourth-order valence-electron chi connectivity index (χ4n) is 2.59. The maximum absolute atomic E-state index is 12.1. The molecule has 154 valence electrons. The monoisotopic (exact) mass is 374 g/mol. The first-order valence-electron chi connectivity index (χ1n) is 12.3. The van der Waals surface area contributed by atoms with E-state index >= 15 is 0 Å². The van der Waals surface area contributed by atoms with Crippen LogP contribution in [0.3, 0.4) is 0 Å². The first kappa shape index (κ1) is 18.3. The summed E-state index contributed by atoms with van der Waals surface area (Å²) in [6.07, 6.45) is 1.29. The molecule has 0 aliphatic carbocycles. The largest absolute Gasteiger partial charge is 0.465 e. The topological polar surface area (TPSA) is 52.6 Å². The smallest absolute Gasteiger partial charge is 0.305 e. The number of hydrogen-bond donors (Lipinski definition) is 0. The highest BCUT2D eigenvalue weighted by Crippen LogP contribution is 2.15. The molecule has 0 rings (SSSR count). The molecule has 0 fully saturated rings. The molecule has 0 amide bonds. The van der Waals surface area contributed by atoms with Crippen LogP contribution in [0.15, 0.2) is 0 Å². The Morgan fingerprint density at radius 2 is 1.15 bits per heavy atom. The number of ether oxygens (including phenoxy) is 2. The molecule has 0 aromatic carbocycles. The van der Waals surface area contributed by atoms with E-state index in [-0.39, 0.29) is 25.0 Å². The van der Waals surface area contributed by atoms with Gasteiger partial charge >= 0.3 is 11.9 Å². The lowest BCUT2D eigenvalue weighted by Crippen LogP contribution is -2.15. The summed E-state index contributed by atoms with van der Waals surface area (Å²) in [7, 11) is 0. The highest BCUT2D eigenvalue weighted by atomic mass is 16.5. The Hall–Kier alpha value is -1.06. The summed E-state index contributed by atoms with van der Waals surface area (Å²) in [5, 5.41) is 0. The van der Waals surface area contributed by atoms with Gasteiger partial charge in [0.25, 0.3) is 0 Å². The van der Waals surface area contributed by atoms with E-state index in [4.69, 9.17) is 15.0 Å². The predicted octanol–water partition coefficient (Wildman–Crippen LogP) is 6.07. The van der Waals surface area contributed by atoms with Crippen LogP contribution in [0.25, 0.3) is 0 Å². The zero-order chi connectivity index (χ0) is 23.2. The highest BCUT2D eigenvalue weighted by molar-refractivity contribution is 5.70. The van der Waals surface area contributed by atoms with Gasteiger partial charge in [-0.1, -0.05) is 66.2 Å². The van der Waals surface area contributed by atoms with Gasteiger partial charge < -0.3 is 9.47 Å². The molecule has 0 heterocycles. The van der Waals surface area contributed by atoms with Crippen LogP contribution in [0.5, 0.6) is 0 Å². The van der Waals surface area contributed by atoms with Gasteiger partial charge in [-0.15, -0.1) is 0 Å². The lowest BCUT2D eigenvalue weighted by Gasteiger charge is -2.15. The second-order valence-corrected chi connectivity index (χ2v) is 6.91. The van der Waals surface area contributed by atoms with Crippen LogP contribution in [-0.2, 0) is 19.1 Å². The minimum Gasteiger partial charge on any atom is -0.465 e. The lowest BCUT2D eigenvalue weighted by atomic mass is 10.0. The third-order valence-electron chi connectivity index (χ3n) is 4.64. The first-order chi connectivity index (χ1) is 14.0. The summed E-state index contributed by atoms with van der Waals surface area (Å²) in [4.78, 5) is 24.2.